The van der Waals surface area contributed by atoms with Crippen molar-refractivity contribution in [1.82, 2.24) is 9.80 Å². The van der Waals surface area contributed by atoms with Crippen LogP contribution in [-0.2, 0) is 6.54 Å². The molecule has 0 saturated carbocycles. The van der Waals surface area contributed by atoms with E-state index in [2.05, 4.69) is 21.9 Å². The van der Waals surface area contributed by atoms with Gasteiger partial charge in [-0.25, -0.2) is 4.39 Å². The first-order chi connectivity index (χ1) is 15.0. The zero-order valence-corrected chi connectivity index (χ0v) is 18.0. The molecule has 166 valence electrons. The van der Waals surface area contributed by atoms with Crippen LogP contribution in [0, 0.1) is 11.7 Å². The Bertz CT molecular complexity index is 863. The largest absolute Gasteiger partial charge is 0.497 e. The quantitative estimate of drug-likeness (QED) is 0.718. The van der Waals surface area contributed by atoms with E-state index in [0.29, 0.717) is 12.1 Å². The number of nitrogens with zero attached hydrogens (tertiary/aromatic N) is 2. The van der Waals surface area contributed by atoms with Crippen molar-refractivity contribution in [2.45, 2.75) is 38.0 Å². The average molecular weight is 427 g/mol. The Morgan fingerprint density at radius 3 is 2.32 bits per heavy atom. The molecule has 0 amide bonds. The molecule has 2 aliphatic heterocycles. The minimum Gasteiger partial charge on any atom is -0.497 e. The SMILES string of the molecule is COc1ccc(CN2CC[C@H](N3CCC(C(=O)c4ccc(F)cc4)CC3)[C@@H](O)C2)cc1. The van der Waals surface area contributed by atoms with E-state index in [1.807, 2.05) is 12.1 Å². The Morgan fingerprint density at radius 2 is 1.71 bits per heavy atom. The Labute approximate surface area is 183 Å². The highest BCUT2D eigenvalue weighted by molar-refractivity contribution is 5.97. The molecule has 2 aliphatic rings. The zero-order valence-electron chi connectivity index (χ0n) is 18.0. The molecule has 1 N–H and O–H groups in total. The number of carbonyl (C=O) groups is 1. The van der Waals surface area contributed by atoms with E-state index in [-0.39, 0.29) is 23.6 Å². The van der Waals surface area contributed by atoms with Crippen LogP contribution in [0.3, 0.4) is 0 Å². The third kappa shape index (κ3) is 5.32. The van der Waals surface area contributed by atoms with Crippen LogP contribution in [0.2, 0.25) is 0 Å². The highest BCUT2D eigenvalue weighted by atomic mass is 19.1. The van der Waals surface area contributed by atoms with Gasteiger partial charge in [0.05, 0.1) is 13.2 Å². The van der Waals surface area contributed by atoms with Crippen LogP contribution in [-0.4, -0.2) is 66.1 Å². The van der Waals surface area contributed by atoms with Crippen LogP contribution in [0.25, 0.3) is 0 Å². The van der Waals surface area contributed by atoms with Gasteiger partial charge >= 0.3 is 0 Å². The molecule has 2 atom stereocenters. The highest BCUT2D eigenvalue weighted by Gasteiger charge is 2.35. The molecule has 6 heteroatoms. The van der Waals surface area contributed by atoms with E-state index in [1.54, 1.807) is 19.2 Å². The van der Waals surface area contributed by atoms with Gasteiger partial charge < -0.3 is 9.84 Å². The number of Topliss-reactive ketones (excluding diaryl/α,β-unsaturated/α-hetero) is 1. The van der Waals surface area contributed by atoms with Crippen molar-refractivity contribution in [2.75, 3.05) is 33.3 Å². The number of aliphatic hydroxyl groups is 1. The second kappa shape index (κ2) is 9.90. The van der Waals surface area contributed by atoms with Gasteiger partial charge in [0.2, 0.25) is 0 Å². The molecule has 0 bridgehead atoms. The van der Waals surface area contributed by atoms with Crippen LogP contribution in [0.1, 0.15) is 35.2 Å². The molecular formula is C25H31FN2O3. The monoisotopic (exact) mass is 426 g/mol. The van der Waals surface area contributed by atoms with Crippen molar-refractivity contribution in [2.24, 2.45) is 5.92 Å². The summed E-state index contributed by atoms with van der Waals surface area (Å²) in [5.41, 5.74) is 1.80. The first-order valence-corrected chi connectivity index (χ1v) is 11.1. The van der Waals surface area contributed by atoms with Crippen LogP contribution in [0.5, 0.6) is 5.75 Å². The normalized spacial score (nSPS) is 23.6. The number of carbonyl (C=O) groups excluding carboxylic acids is 1. The molecule has 31 heavy (non-hydrogen) atoms. The van der Waals surface area contributed by atoms with Crippen LogP contribution in [0.4, 0.5) is 4.39 Å². The number of benzene rings is 2. The second-order valence-corrected chi connectivity index (χ2v) is 8.69. The van der Waals surface area contributed by atoms with E-state index >= 15 is 0 Å². The number of ketones is 1. The fourth-order valence-corrected chi connectivity index (χ4v) is 4.89. The van der Waals surface area contributed by atoms with Gasteiger partial charge in [-0.1, -0.05) is 12.1 Å². The molecule has 2 heterocycles. The molecule has 0 unspecified atom stereocenters. The van der Waals surface area contributed by atoms with E-state index in [1.165, 1.54) is 17.7 Å². The molecule has 0 aromatic heterocycles. The molecule has 4 rings (SSSR count). The number of halogens is 1. The van der Waals surface area contributed by atoms with Gasteiger partial charge in [0.15, 0.2) is 5.78 Å². The van der Waals surface area contributed by atoms with Gasteiger partial charge in [0.1, 0.15) is 11.6 Å². The Morgan fingerprint density at radius 1 is 1.03 bits per heavy atom. The van der Waals surface area contributed by atoms with Crippen LogP contribution < -0.4 is 4.74 Å². The van der Waals surface area contributed by atoms with Crippen LogP contribution >= 0.6 is 0 Å². The summed E-state index contributed by atoms with van der Waals surface area (Å²) in [5.74, 6) is 0.617. The number of hydrogen-bond acceptors (Lipinski definition) is 5. The smallest absolute Gasteiger partial charge is 0.166 e. The van der Waals surface area contributed by atoms with Gasteiger partial charge in [0.25, 0.3) is 0 Å². The molecule has 2 aromatic rings. The Hall–Kier alpha value is -2.28. The minimum absolute atomic E-state index is 0.0194. The fraction of sp³-hybridized carbons (Fsp3) is 0.480. The number of piperidine rings is 2. The number of hydrogen-bond donors (Lipinski definition) is 1. The number of rotatable bonds is 6. The van der Waals surface area contributed by atoms with Gasteiger partial charge in [-0.15, -0.1) is 0 Å². The lowest BCUT2D eigenvalue weighted by Gasteiger charge is -2.44. The lowest BCUT2D eigenvalue weighted by atomic mass is 9.87. The fourth-order valence-electron chi connectivity index (χ4n) is 4.89. The van der Waals surface area contributed by atoms with Gasteiger partial charge in [-0.3, -0.25) is 14.6 Å². The van der Waals surface area contributed by atoms with Crippen LogP contribution in [0.15, 0.2) is 48.5 Å². The lowest BCUT2D eigenvalue weighted by Crippen LogP contribution is -2.55. The maximum Gasteiger partial charge on any atom is 0.166 e. The standard InChI is InChI=1S/C25H31FN2O3/c1-31-22-8-2-18(3-9-22)16-27-13-12-23(24(29)17-27)28-14-10-20(11-15-28)25(30)19-4-6-21(26)7-5-19/h2-9,20,23-24,29H,10-17H2,1H3/t23-,24-/m0/s1. The number of methoxy groups -OCH3 is 1. The van der Waals surface area contributed by atoms with Gasteiger partial charge in [-0.05, 0) is 74.3 Å². The maximum atomic E-state index is 13.1. The summed E-state index contributed by atoms with van der Waals surface area (Å²) in [7, 11) is 1.66. The van der Waals surface area contributed by atoms with E-state index in [9.17, 15) is 14.3 Å². The number of β-amino-alcohol motifs (C(OH)–C–C–N with tert-alkyl or cyclic N) is 1. The van der Waals surface area contributed by atoms with Crippen molar-refractivity contribution < 1.29 is 19.0 Å². The average Bonchev–Trinajstić information content (AvgIpc) is 2.80. The summed E-state index contributed by atoms with van der Waals surface area (Å²) in [4.78, 5) is 17.4. The van der Waals surface area contributed by atoms with Crippen molar-refractivity contribution in [3.8, 4) is 5.75 Å². The summed E-state index contributed by atoms with van der Waals surface area (Å²) < 4.78 is 18.3. The third-order valence-electron chi connectivity index (χ3n) is 6.69. The molecular weight excluding hydrogens is 395 g/mol. The van der Waals surface area contributed by atoms with E-state index < -0.39 is 6.10 Å². The minimum atomic E-state index is -0.392. The van der Waals surface area contributed by atoms with Crippen molar-refractivity contribution >= 4 is 5.78 Å². The van der Waals surface area contributed by atoms with E-state index in [4.69, 9.17) is 4.74 Å². The first-order valence-electron chi connectivity index (χ1n) is 11.1. The summed E-state index contributed by atoms with van der Waals surface area (Å²) in [6.07, 6.45) is 2.11. The zero-order chi connectivity index (χ0) is 21.8. The number of ether oxygens (including phenoxy) is 1. The van der Waals surface area contributed by atoms with E-state index in [0.717, 1.165) is 51.2 Å². The molecule has 5 nitrogen and oxygen atoms in total. The molecule has 0 radical (unpaired) electrons. The highest BCUT2D eigenvalue weighted by Crippen LogP contribution is 2.27. The summed E-state index contributed by atoms with van der Waals surface area (Å²) in [5, 5.41) is 10.8. The Balaban J connectivity index is 1.26. The molecule has 2 saturated heterocycles. The summed E-state index contributed by atoms with van der Waals surface area (Å²) in [6.45, 7) is 4.06. The van der Waals surface area contributed by atoms with Crippen molar-refractivity contribution in [1.29, 1.82) is 0 Å². The maximum absolute atomic E-state index is 13.1. The molecule has 0 spiro atoms. The summed E-state index contributed by atoms with van der Waals surface area (Å²) in [6, 6.07) is 14.1. The van der Waals surface area contributed by atoms with Gasteiger partial charge in [-0.2, -0.15) is 0 Å². The molecule has 2 fully saturated rings. The second-order valence-electron chi connectivity index (χ2n) is 8.69. The van der Waals surface area contributed by atoms with Gasteiger partial charge in [0, 0.05) is 37.2 Å². The number of aliphatic hydroxyl groups excluding tert-OH is 1. The predicted octanol–water partition coefficient (Wildman–Crippen LogP) is 3.36. The first kappa shape index (κ1) is 21.9. The summed E-state index contributed by atoms with van der Waals surface area (Å²) >= 11 is 0. The molecule has 0 aliphatic carbocycles. The lowest BCUT2D eigenvalue weighted by molar-refractivity contribution is -0.0251. The van der Waals surface area contributed by atoms with Crippen molar-refractivity contribution in [3.05, 3.63) is 65.5 Å². The predicted molar refractivity (Wildman–Crippen MR) is 118 cm³/mol. The number of likely N-dealkylation sites (tertiary alicyclic amines) is 2. The Kier molecular flexibility index (Phi) is 7.00. The topological polar surface area (TPSA) is 53.0 Å². The third-order valence-corrected chi connectivity index (χ3v) is 6.69. The molecule has 2 aromatic carbocycles. The van der Waals surface area contributed by atoms with Crippen molar-refractivity contribution in [3.63, 3.8) is 0 Å².